The molecule has 0 bridgehead atoms. The summed E-state index contributed by atoms with van der Waals surface area (Å²) in [6.07, 6.45) is -0.546. The first-order valence-corrected chi connectivity index (χ1v) is 7.02. The second-order valence-corrected chi connectivity index (χ2v) is 5.77. The Labute approximate surface area is 125 Å². The van der Waals surface area contributed by atoms with Gasteiger partial charge in [-0.05, 0) is 41.8 Å². The first-order chi connectivity index (χ1) is 8.97. The summed E-state index contributed by atoms with van der Waals surface area (Å²) in [6, 6.07) is 10.2. The maximum absolute atomic E-state index is 13.7. The monoisotopic (exact) mass is 342 g/mol. The second-order valence-electron chi connectivity index (χ2n) is 4.48. The zero-order valence-corrected chi connectivity index (χ0v) is 12.7. The van der Waals surface area contributed by atoms with Gasteiger partial charge in [-0.2, -0.15) is 0 Å². The lowest BCUT2D eigenvalue weighted by Gasteiger charge is -2.14. The first-order valence-electron chi connectivity index (χ1n) is 5.85. The molecule has 1 N–H and O–H groups in total. The van der Waals surface area contributed by atoms with E-state index in [2.05, 4.69) is 15.9 Å². The third kappa shape index (κ3) is 3.56. The molecule has 2 aromatic rings. The average molecular weight is 344 g/mol. The maximum atomic E-state index is 13.7. The molecule has 0 saturated carbocycles. The molecular weight excluding hydrogens is 331 g/mol. The van der Waals surface area contributed by atoms with Gasteiger partial charge >= 0.3 is 0 Å². The molecular formula is C15H13BrClFO. The molecule has 0 heterocycles. The molecule has 0 spiro atoms. The van der Waals surface area contributed by atoms with E-state index in [1.165, 1.54) is 6.07 Å². The molecule has 0 fully saturated rings. The van der Waals surface area contributed by atoms with E-state index >= 15 is 0 Å². The smallest absolute Gasteiger partial charge is 0.127 e. The van der Waals surface area contributed by atoms with Crippen LogP contribution < -0.4 is 0 Å². The molecule has 0 aliphatic carbocycles. The Kier molecular flexibility index (Phi) is 4.61. The van der Waals surface area contributed by atoms with Crippen LogP contribution in [-0.4, -0.2) is 5.11 Å². The Balaban J connectivity index is 2.23. The second kappa shape index (κ2) is 6.04. The molecule has 2 aromatic carbocycles. The summed E-state index contributed by atoms with van der Waals surface area (Å²) >= 11 is 9.12. The molecule has 4 heteroatoms. The summed E-state index contributed by atoms with van der Waals surface area (Å²) in [6.45, 7) is 1.97. The van der Waals surface area contributed by atoms with Crippen molar-refractivity contribution in [3.63, 3.8) is 0 Å². The van der Waals surface area contributed by atoms with Crippen molar-refractivity contribution in [3.05, 3.63) is 68.4 Å². The van der Waals surface area contributed by atoms with Crippen molar-refractivity contribution < 1.29 is 9.50 Å². The molecule has 0 aliphatic heterocycles. The molecule has 1 atom stereocenters. The number of aryl methyl sites for hydroxylation is 1. The summed E-state index contributed by atoms with van der Waals surface area (Å²) in [5.74, 6) is -0.394. The van der Waals surface area contributed by atoms with Gasteiger partial charge in [0.25, 0.3) is 0 Å². The summed E-state index contributed by atoms with van der Waals surface area (Å²) in [7, 11) is 0. The van der Waals surface area contributed by atoms with Crippen LogP contribution in [-0.2, 0) is 6.42 Å². The Morgan fingerprint density at radius 2 is 2.00 bits per heavy atom. The highest BCUT2D eigenvalue weighted by atomic mass is 79.9. The molecule has 0 amide bonds. The fourth-order valence-electron chi connectivity index (χ4n) is 1.91. The van der Waals surface area contributed by atoms with Crippen LogP contribution in [0.4, 0.5) is 4.39 Å². The van der Waals surface area contributed by atoms with Gasteiger partial charge in [-0.3, -0.25) is 0 Å². The lowest BCUT2D eigenvalue weighted by Crippen LogP contribution is -2.04. The van der Waals surface area contributed by atoms with E-state index in [0.29, 0.717) is 10.6 Å². The summed E-state index contributed by atoms with van der Waals surface area (Å²) < 4.78 is 14.5. The van der Waals surface area contributed by atoms with Crippen LogP contribution in [0.1, 0.15) is 22.8 Å². The van der Waals surface area contributed by atoms with Crippen molar-refractivity contribution in [2.45, 2.75) is 19.4 Å². The van der Waals surface area contributed by atoms with Gasteiger partial charge in [0.2, 0.25) is 0 Å². The Morgan fingerprint density at radius 1 is 1.26 bits per heavy atom. The van der Waals surface area contributed by atoms with E-state index in [9.17, 15) is 9.50 Å². The van der Waals surface area contributed by atoms with Crippen LogP contribution >= 0.6 is 27.5 Å². The van der Waals surface area contributed by atoms with Crippen LogP contribution in [0.25, 0.3) is 0 Å². The third-order valence-electron chi connectivity index (χ3n) is 2.94. The molecule has 2 rings (SSSR count). The molecule has 1 unspecified atom stereocenters. The van der Waals surface area contributed by atoms with Crippen LogP contribution in [0.3, 0.4) is 0 Å². The lowest BCUT2D eigenvalue weighted by atomic mass is 10.0. The van der Waals surface area contributed by atoms with E-state index in [0.717, 1.165) is 15.6 Å². The number of hydrogen-bond donors (Lipinski definition) is 1. The van der Waals surface area contributed by atoms with Crippen molar-refractivity contribution in [3.8, 4) is 0 Å². The minimum atomic E-state index is -0.759. The Morgan fingerprint density at radius 3 is 2.63 bits per heavy atom. The molecule has 0 aliphatic rings. The number of halogens is 3. The van der Waals surface area contributed by atoms with Crippen molar-refractivity contribution in [2.75, 3.05) is 0 Å². The SMILES string of the molecule is Cc1ccc(C(O)Cc2ccc(Cl)cc2F)c(Br)c1. The maximum Gasteiger partial charge on any atom is 0.127 e. The van der Waals surface area contributed by atoms with Crippen molar-refractivity contribution >= 4 is 27.5 Å². The predicted molar refractivity (Wildman–Crippen MR) is 79.0 cm³/mol. The lowest BCUT2D eigenvalue weighted by molar-refractivity contribution is 0.176. The minimum Gasteiger partial charge on any atom is -0.388 e. The van der Waals surface area contributed by atoms with E-state index in [1.807, 2.05) is 25.1 Å². The summed E-state index contributed by atoms with van der Waals surface area (Å²) in [5, 5.41) is 10.6. The normalized spacial score (nSPS) is 12.5. The highest BCUT2D eigenvalue weighted by Gasteiger charge is 2.14. The van der Waals surface area contributed by atoms with Gasteiger partial charge < -0.3 is 5.11 Å². The number of aliphatic hydroxyl groups is 1. The highest BCUT2D eigenvalue weighted by molar-refractivity contribution is 9.10. The summed E-state index contributed by atoms with van der Waals surface area (Å²) in [4.78, 5) is 0. The first kappa shape index (κ1) is 14.5. The number of benzene rings is 2. The molecule has 0 aromatic heterocycles. The Hall–Kier alpha value is -0.900. The molecule has 0 radical (unpaired) electrons. The highest BCUT2D eigenvalue weighted by Crippen LogP contribution is 2.28. The molecule has 19 heavy (non-hydrogen) atoms. The van der Waals surface area contributed by atoms with Crippen LogP contribution in [0.5, 0.6) is 0 Å². The van der Waals surface area contributed by atoms with Crippen LogP contribution in [0, 0.1) is 12.7 Å². The van der Waals surface area contributed by atoms with Gasteiger partial charge in [-0.25, -0.2) is 4.39 Å². The quantitative estimate of drug-likeness (QED) is 0.846. The number of rotatable bonds is 3. The van der Waals surface area contributed by atoms with E-state index < -0.39 is 11.9 Å². The van der Waals surface area contributed by atoms with Gasteiger partial charge in [0.1, 0.15) is 5.82 Å². The van der Waals surface area contributed by atoms with Gasteiger partial charge in [-0.1, -0.05) is 45.7 Å². The average Bonchev–Trinajstić information content (AvgIpc) is 2.32. The van der Waals surface area contributed by atoms with Crippen molar-refractivity contribution in [1.29, 1.82) is 0 Å². The minimum absolute atomic E-state index is 0.213. The van der Waals surface area contributed by atoms with Crippen LogP contribution in [0.15, 0.2) is 40.9 Å². The van der Waals surface area contributed by atoms with Gasteiger partial charge in [0, 0.05) is 15.9 Å². The largest absolute Gasteiger partial charge is 0.388 e. The molecule has 0 saturated heterocycles. The van der Waals surface area contributed by atoms with Gasteiger partial charge in [0.15, 0.2) is 0 Å². The van der Waals surface area contributed by atoms with Gasteiger partial charge in [0.05, 0.1) is 6.10 Å². The zero-order chi connectivity index (χ0) is 14.0. The fourth-order valence-corrected chi connectivity index (χ4v) is 2.82. The Bertz CT molecular complexity index is 601. The van der Waals surface area contributed by atoms with Gasteiger partial charge in [-0.15, -0.1) is 0 Å². The third-order valence-corrected chi connectivity index (χ3v) is 3.87. The summed E-state index contributed by atoms with van der Waals surface area (Å²) in [5.41, 5.74) is 2.30. The predicted octanol–water partition coefficient (Wildman–Crippen LogP) is 4.83. The molecule has 100 valence electrons. The number of hydrogen-bond acceptors (Lipinski definition) is 1. The van der Waals surface area contributed by atoms with Crippen molar-refractivity contribution in [1.82, 2.24) is 0 Å². The van der Waals surface area contributed by atoms with E-state index in [4.69, 9.17) is 11.6 Å². The van der Waals surface area contributed by atoms with Crippen LogP contribution in [0.2, 0.25) is 5.02 Å². The van der Waals surface area contributed by atoms with E-state index in [1.54, 1.807) is 12.1 Å². The standard InChI is InChI=1S/C15H13BrClFO/c1-9-2-5-12(13(16)6-9)15(19)7-10-3-4-11(17)8-14(10)18/h2-6,8,15,19H,7H2,1H3. The van der Waals surface area contributed by atoms with E-state index in [-0.39, 0.29) is 6.42 Å². The molecule has 1 nitrogen and oxygen atoms in total. The topological polar surface area (TPSA) is 20.2 Å². The van der Waals surface area contributed by atoms with Crippen molar-refractivity contribution in [2.24, 2.45) is 0 Å². The number of aliphatic hydroxyl groups excluding tert-OH is 1. The fraction of sp³-hybridized carbons (Fsp3) is 0.200. The zero-order valence-electron chi connectivity index (χ0n) is 10.3.